The second kappa shape index (κ2) is 5.41. The lowest BCUT2D eigenvalue weighted by Gasteiger charge is -2.21. The highest BCUT2D eigenvalue weighted by Gasteiger charge is 2.21. The lowest BCUT2D eigenvalue weighted by Crippen LogP contribution is -2.34. The van der Waals surface area contributed by atoms with Crippen molar-refractivity contribution < 1.29 is 4.79 Å². The summed E-state index contributed by atoms with van der Waals surface area (Å²) in [5, 5.41) is 6.17. The first-order valence-electron chi connectivity index (χ1n) is 5.38. The number of aromatic nitrogens is 1. The molecule has 1 aromatic rings. The van der Waals surface area contributed by atoms with Crippen molar-refractivity contribution in [2.45, 2.75) is 12.8 Å². The molecule has 0 atom stereocenters. The highest BCUT2D eigenvalue weighted by Crippen LogP contribution is 2.22. The average molecular weight is 284 g/mol. The molecule has 2 N–H and O–H groups in total. The van der Waals surface area contributed by atoms with E-state index in [1.165, 1.54) is 0 Å². The lowest BCUT2D eigenvalue weighted by molar-refractivity contribution is -0.120. The van der Waals surface area contributed by atoms with Crippen LogP contribution in [0.2, 0.25) is 0 Å². The molecule has 1 aromatic heterocycles. The van der Waals surface area contributed by atoms with Gasteiger partial charge in [-0.1, -0.05) is 0 Å². The summed E-state index contributed by atoms with van der Waals surface area (Å²) in [6, 6.07) is 1.79. The van der Waals surface area contributed by atoms with Crippen molar-refractivity contribution in [1.29, 1.82) is 0 Å². The van der Waals surface area contributed by atoms with Crippen molar-refractivity contribution in [3.8, 4) is 0 Å². The maximum Gasteiger partial charge on any atom is 0.227 e. The fourth-order valence-electron chi connectivity index (χ4n) is 1.80. The van der Waals surface area contributed by atoms with Gasteiger partial charge in [0.25, 0.3) is 0 Å². The molecule has 1 aliphatic heterocycles. The summed E-state index contributed by atoms with van der Waals surface area (Å²) in [4.78, 5) is 15.9. The SMILES string of the molecule is O=C(Nc1ccncc1Br)C1CCNCC1. The molecule has 0 saturated carbocycles. The van der Waals surface area contributed by atoms with Crippen LogP contribution in [0, 0.1) is 5.92 Å². The topological polar surface area (TPSA) is 54.0 Å². The van der Waals surface area contributed by atoms with E-state index < -0.39 is 0 Å². The van der Waals surface area contributed by atoms with Gasteiger partial charge in [-0.2, -0.15) is 0 Å². The van der Waals surface area contributed by atoms with Crippen LogP contribution in [0.3, 0.4) is 0 Å². The Hall–Kier alpha value is -0.940. The van der Waals surface area contributed by atoms with Crippen LogP contribution in [0.25, 0.3) is 0 Å². The van der Waals surface area contributed by atoms with E-state index in [0.717, 1.165) is 36.1 Å². The second-order valence-corrected chi connectivity index (χ2v) is 4.72. The smallest absolute Gasteiger partial charge is 0.227 e. The molecule has 2 heterocycles. The van der Waals surface area contributed by atoms with Gasteiger partial charge in [0.15, 0.2) is 0 Å². The summed E-state index contributed by atoms with van der Waals surface area (Å²) < 4.78 is 0.817. The standard InChI is InChI=1S/C11H14BrN3O/c12-9-7-14-6-3-10(9)15-11(16)8-1-4-13-5-2-8/h3,6-8,13H,1-2,4-5H2,(H,14,15,16). The number of hydrogen-bond acceptors (Lipinski definition) is 3. The first kappa shape index (κ1) is 11.5. The first-order chi connectivity index (χ1) is 7.77. The molecule has 0 radical (unpaired) electrons. The summed E-state index contributed by atoms with van der Waals surface area (Å²) in [6.07, 6.45) is 5.17. The third kappa shape index (κ3) is 2.80. The van der Waals surface area contributed by atoms with E-state index in [1.807, 2.05) is 0 Å². The molecule has 1 saturated heterocycles. The predicted molar refractivity (Wildman–Crippen MR) is 66.2 cm³/mol. The Labute approximate surface area is 103 Å². The van der Waals surface area contributed by atoms with E-state index in [4.69, 9.17) is 0 Å². The van der Waals surface area contributed by atoms with Crippen molar-refractivity contribution in [3.05, 3.63) is 22.9 Å². The highest BCUT2D eigenvalue weighted by molar-refractivity contribution is 9.10. The van der Waals surface area contributed by atoms with E-state index in [1.54, 1.807) is 18.5 Å². The summed E-state index contributed by atoms with van der Waals surface area (Å²) in [5.41, 5.74) is 0.790. The number of halogens is 1. The lowest BCUT2D eigenvalue weighted by atomic mass is 9.97. The third-order valence-corrected chi connectivity index (χ3v) is 3.37. The van der Waals surface area contributed by atoms with Crippen molar-refractivity contribution in [3.63, 3.8) is 0 Å². The van der Waals surface area contributed by atoms with E-state index in [0.29, 0.717) is 0 Å². The van der Waals surface area contributed by atoms with Gasteiger partial charge in [0.05, 0.1) is 10.2 Å². The number of nitrogens with one attached hydrogen (secondary N) is 2. The third-order valence-electron chi connectivity index (χ3n) is 2.74. The van der Waals surface area contributed by atoms with Gasteiger partial charge in [0.2, 0.25) is 5.91 Å². The van der Waals surface area contributed by atoms with Crippen LogP contribution in [0.4, 0.5) is 5.69 Å². The van der Waals surface area contributed by atoms with Gasteiger partial charge in [0.1, 0.15) is 0 Å². The quantitative estimate of drug-likeness (QED) is 0.870. The molecule has 0 aliphatic carbocycles. The number of carbonyl (C=O) groups excluding carboxylic acids is 1. The summed E-state index contributed by atoms with van der Waals surface area (Å²) in [7, 11) is 0. The fraction of sp³-hybridized carbons (Fsp3) is 0.455. The van der Waals surface area contributed by atoms with Crippen LogP contribution in [0.5, 0.6) is 0 Å². The Morgan fingerprint density at radius 1 is 1.50 bits per heavy atom. The van der Waals surface area contributed by atoms with Crippen LogP contribution in [0.1, 0.15) is 12.8 Å². The zero-order valence-corrected chi connectivity index (χ0v) is 10.5. The molecule has 0 unspecified atom stereocenters. The van der Waals surface area contributed by atoms with Gasteiger partial charge >= 0.3 is 0 Å². The maximum atomic E-state index is 11.9. The molecule has 0 aromatic carbocycles. The molecule has 2 rings (SSSR count). The van der Waals surface area contributed by atoms with Crippen LogP contribution in [-0.4, -0.2) is 24.0 Å². The maximum absolute atomic E-state index is 11.9. The predicted octanol–water partition coefficient (Wildman–Crippen LogP) is 1.78. The number of amides is 1. The molecule has 4 nitrogen and oxygen atoms in total. The van der Waals surface area contributed by atoms with Crippen molar-refractivity contribution in [2.24, 2.45) is 5.92 Å². The molecule has 0 bridgehead atoms. The monoisotopic (exact) mass is 283 g/mol. The van der Waals surface area contributed by atoms with Gasteiger partial charge in [-0.3, -0.25) is 9.78 Å². The zero-order valence-electron chi connectivity index (χ0n) is 8.87. The van der Waals surface area contributed by atoms with E-state index in [2.05, 4.69) is 31.5 Å². The van der Waals surface area contributed by atoms with Gasteiger partial charge in [-0.15, -0.1) is 0 Å². The van der Waals surface area contributed by atoms with Gasteiger partial charge in [-0.05, 0) is 47.9 Å². The zero-order chi connectivity index (χ0) is 11.4. The van der Waals surface area contributed by atoms with E-state index in [9.17, 15) is 4.79 Å². The van der Waals surface area contributed by atoms with Gasteiger partial charge in [-0.25, -0.2) is 0 Å². The van der Waals surface area contributed by atoms with Crippen molar-refractivity contribution in [1.82, 2.24) is 10.3 Å². The number of carbonyl (C=O) groups is 1. The Morgan fingerprint density at radius 2 is 2.25 bits per heavy atom. The van der Waals surface area contributed by atoms with E-state index in [-0.39, 0.29) is 11.8 Å². The van der Waals surface area contributed by atoms with Crippen molar-refractivity contribution >= 4 is 27.5 Å². The van der Waals surface area contributed by atoms with Crippen molar-refractivity contribution in [2.75, 3.05) is 18.4 Å². The number of piperidine rings is 1. The molecule has 1 amide bonds. The molecule has 16 heavy (non-hydrogen) atoms. The number of anilines is 1. The summed E-state index contributed by atoms with van der Waals surface area (Å²) in [6.45, 7) is 1.85. The minimum Gasteiger partial charge on any atom is -0.325 e. The number of pyridine rings is 1. The number of hydrogen-bond donors (Lipinski definition) is 2. The Kier molecular flexibility index (Phi) is 3.90. The molecular formula is C11H14BrN3O. The van der Waals surface area contributed by atoms with Crippen LogP contribution < -0.4 is 10.6 Å². The summed E-state index contributed by atoms with van der Waals surface area (Å²) in [5.74, 6) is 0.231. The molecule has 1 aliphatic rings. The minimum absolute atomic E-state index is 0.105. The van der Waals surface area contributed by atoms with Crippen LogP contribution in [-0.2, 0) is 4.79 Å². The molecule has 1 fully saturated rings. The normalized spacial score (nSPS) is 17.1. The highest BCUT2D eigenvalue weighted by atomic mass is 79.9. The Morgan fingerprint density at radius 3 is 2.94 bits per heavy atom. The molecule has 0 spiro atoms. The Balaban J connectivity index is 1.99. The average Bonchev–Trinajstić information content (AvgIpc) is 2.33. The molecular weight excluding hydrogens is 270 g/mol. The number of rotatable bonds is 2. The van der Waals surface area contributed by atoms with Gasteiger partial charge < -0.3 is 10.6 Å². The first-order valence-corrected chi connectivity index (χ1v) is 6.18. The summed E-state index contributed by atoms with van der Waals surface area (Å²) >= 11 is 3.36. The van der Waals surface area contributed by atoms with E-state index >= 15 is 0 Å². The van der Waals surface area contributed by atoms with Crippen LogP contribution in [0.15, 0.2) is 22.9 Å². The largest absolute Gasteiger partial charge is 0.325 e. The Bertz CT molecular complexity index is 377. The van der Waals surface area contributed by atoms with Crippen LogP contribution >= 0.6 is 15.9 Å². The number of nitrogens with zero attached hydrogens (tertiary/aromatic N) is 1. The fourth-order valence-corrected chi connectivity index (χ4v) is 2.14. The second-order valence-electron chi connectivity index (χ2n) is 3.87. The minimum atomic E-state index is 0.105. The van der Waals surface area contributed by atoms with Gasteiger partial charge in [0, 0.05) is 18.3 Å². The molecule has 86 valence electrons. The molecule has 5 heteroatoms.